The van der Waals surface area contributed by atoms with E-state index in [0.29, 0.717) is 17.8 Å². The summed E-state index contributed by atoms with van der Waals surface area (Å²) in [7, 11) is -2.64. The van der Waals surface area contributed by atoms with Gasteiger partial charge >= 0.3 is 6.18 Å². The molecule has 162 valence electrons. The standard InChI is InChI=1S/C21H16F4N2O3S/c1-27(16-7-3-2-4-8-16)31(29,30)17-9-5-6-14(12-17)20(28)26-15-10-11-19(22)18(13-15)21(23,24)25/h2-13H,1H3,(H,26,28). The van der Waals surface area contributed by atoms with Crippen LogP contribution in [0.5, 0.6) is 0 Å². The van der Waals surface area contributed by atoms with Crippen molar-refractivity contribution in [1.29, 1.82) is 0 Å². The van der Waals surface area contributed by atoms with E-state index < -0.39 is 33.5 Å². The number of anilines is 2. The van der Waals surface area contributed by atoms with Crippen LogP contribution < -0.4 is 9.62 Å². The fraction of sp³-hybridized carbons (Fsp3) is 0.0952. The summed E-state index contributed by atoms with van der Waals surface area (Å²) in [4.78, 5) is 12.3. The number of hydrogen-bond donors (Lipinski definition) is 1. The molecule has 0 aromatic heterocycles. The van der Waals surface area contributed by atoms with Crippen LogP contribution in [0.1, 0.15) is 15.9 Å². The highest BCUT2D eigenvalue weighted by molar-refractivity contribution is 7.92. The van der Waals surface area contributed by atoms with Crippen LogP contribution in [0.4, 0.5) is 28.9 Å². The molecule has 0 aliphatic carbocycles. The van der Waals surface area contributed by atoms with Crippen molar-refractivity contribution in [2.24, 2.45) is 0 Å². The van der Waals surface area contributed by atoms with Crippen LogP contribution in [0.2, 0.25) is 0 Å². The van der Waals surface area contributed by atoms with E-state index in [2.05, 4.69) is 5.32 Å². The van der Waals surface area contributed by atoms with Gasteiger partial charge < -0.3 is 5.32 Å². The Kier molecular flexibility index (Phi) is 6.03. The van der Waals surface area contributed by atoms with E-state index in [1.54, 1.807) is 30.3 Å². The molecule has 3 aromatic carbocycles. The highest BCUT2D eigenvalue weighted by Crippen LogP contribution is 2.33. The molecular weight excluding hydrogens is 436 g/mol. The molecule has 0 fully saturated rings. The van der Waals surface area contributed by atoms with Gasteiger partial charge in [0.2, 0.25) is 0 Å². The van der Waals surface area contributed by atoms with Crippen LogP contribution in [0, 0.1) is 5.82 Å². The van der Waals surface area contributed by atoms with Gasteiger partial charge in [-0.05, 0) is 48.5 Å². The van der Waals surface area contributed by atoms with Crippen LogP contribution in [-0.4, -0.2) is 21.4 Å². The maximum absolute atomic E-state index is 13.4. The summed E-state index contributed by atoms with van der Waals surface area (Å²) in [6, 6.07) is 15.4. The van der Waals surface area contributed by atoms with E-state index >= 15 is 0 Å². The lowest BCUT2D eigenvalue weighted by Gasteiger charge is -2.19. The molecule has 10 heteroatoms. The molecule has 0 aliphatic heterocycles. The number of nitrogens with one attached hydrogen (secondary N) is 1. The lowest BCUT2D eigenvalue weighted by molar-refractivity contribution is -0.139. The largest absolute Gasteiger partial charge is 0.419 e. The number of hydrogen-bond acceptors (Lipinski definition) is 3. The minimum absolute atomic E-state index is 0.0968. The summed E-state index contributed by atoms with van der Waals surface area (Å²) in [6.07, 6.45) is -4.93. The Labute approximate surface area is 176 Å². The molecule has 0 unspecified atom stereocenters. The highest BCUT2D eigenvalue weighted by Gasteiger charge is 2.34. The first kappa shape index (κ1) is 22.3. The summed E-state index contributed by atoms with van der Waals surface area (Å²) < 4.78 is 78.8. The van der Waals surface area contributed by atoms with Crippen LogP contribution in [-0.2, 0) is 16.2 Å². The van der Waals surface area contributed by atoms with Crippen LogP contribution in [0.15, 0.2) is 77.7 Å². The van der Waals surface area contributed by atoms with Crippen molar-refractivity contribution in [1.82, 2.24) is 0 Å². The molecular formula is C21H16F4N2O3S. The Morgan fingerprint density at radius 3 is 2.26 bits per heavy atom. The topological polar surface area (TPSA) is 66.5 Å². The first-order valence-electron chi connectivity index (χ1n) is 8.82. The van der Waals surface area contributed by atoms with E-state index in [9.17, 15) is 30.8 Å². The Morgan fingerprint density at radius 2 is 1.61 bits per heavy atom. The van der Waals surface area contributed by atoms with Crippen molar-refractivity contribution in [3.05, 3.63) is 89.7 Å². The zero-order valence-corrected chi connectivity index (χ0v) is 16.8. The maximum Gasteiger partial charge on any atom is 0.419 e. The summed E-state index contributed by atoms with van der Waals surface area (Å²) in [5.41, 5.74) is -1.50. The van der Waals surface area contributed by atoms with Gasteiger partial charge in [-0.1, -0.05) is 24.3 Å². The molecule has 0 saturated carbocycles. The van der Waals surface area contributed by atoms with Crippen molar-refractivity contribution in [2.75, 3.05) is 16.7 Å². The minimum atomic E-state index is -4.93. The van der Waals surface area contributed by atoms with E-state index in [4.69, 9.17) is 0 Å². The smallest absolute Gasteiger partial charge is 0.322 e. The molecule has 0 saturated heterocycles. The average Bonchev–Trinajstić information content (AvgIpc) is 2.74. The van der Waals surface area contributed by atoms with Crippen LogP contribution >= 0.6 is 0 Å². The van der Waals surface area contributed by atoms with Gasteiger partial charge in [-0.3, -0.25) is 9.10 Å². The number of halogens is 4. The first-order chi connectivity index (χ1) is 14.5. The third-order valence-electron chi connectivity index (χ3n) is 4.40. The number of nitrogens with zero attached hydrogens (tertiary/aromatic N) is 1. The molecule has 0 aliphatic rings. The van der Waals surface area contributed by atoms with Gasteiger partial charge in [-0.15, -0.1) is 0 Å². The summed E-state index contributed by atoms with van der Waals surface area (Å²) in [5.74, 6) is -2.32. The number of carbonyl (C=O) groups is 1. The monoisotopic (exact) mass is 452 g/mol. The van der Waals surface area contributed by atoms with E-state index in [-0.39, 0.29) is 16.1 Å². The second-order valence-electron chi connectivity index (χ2n) is 6.48. The molecule has 1 N–H and O–H groups in total. The minimum Gasteiger partial charge on any atom is -0.322 e. The lowest BCUT2D eigenvalue weighted by Crippen LogP contribution is -2.26. The summed E-state index contributed by atoms with van der Waals surface area (Å²) in [5, 5.41) is 2.22. The number of para-hydroxylation sites is 1. The Hall–Kier alpha value is -3.40. The van der Waals surface area contributed by atoms with E-state index in [1.807, 2.05) is 0 Å². The number of benzene rings is 3. The molecule has 0 spiro atoms. The Bertz CT molecular complexity index is 1210. The van der Waals surface area contributed by atoms with E-state index in [1.165, 1.54) is 25.2 Å². The highest BCUT2D eigenvalue weighted by atomic mass is 32.2. The van der Waals surface area contributed by atoms with Crippen LogP contribution in [0.3, 0.4) is 0 Å². The normalized spacial score (nSPS) is 11.8. The quantitative estimate of drug-likeness (QED) is 0.559. The molecule has 31 heavy (non-hydrogen) atoms. The zero-order chi connectivity index (χ0) is 22.8. The third-order valence-corrected chi connectivity index (χ3v) is 6.19. The predicted molar refractivity (Wildman–Crippen MR) is 108 cm³/mol. The number of alkyl halides is 3. The summed E-state index contributed by atoms with van der Waals surface area (Å²) >= 11 is 0. The lowest BCUT2D eigenvalue weighted by atomic mass is 10.1. The molecule has 0 radical (unpaired) electrons. The van der Waals surface area contributed by atoms with Crippen molar-refractivity contribution in [3.63, 3.8) is 0 Å². The summed E-state index contributed by atoms with van der Waals surface area (Å²) in [6.45, 7) is 0. The number of rotatable bonds is 5. The Balaban J connectivity index is 1.87. The van der Waals surface area contributed by atoms with Gasteiger partial charge in [0.1, 0.15) is 5.82 Å². The molecule has 5 nitrogen and oxygen atoms in total. The van der Waals surface area contributed by atoms with Gasteiger partial charge in [0.15, 0.2) is 0 Å². The van der Waals surface area contributed by atoms with Crippen LogP contribution in [0.25, 0.3) is 0 Å². The number of sulfonamides is 1. The molecule has 1 amide bonds. The zero-order valence-electron chi connectivity index (χ0n) is 16.0. The SMILES string of the molecule is CN(c1ccccc1)S(=O)(=O)c1cccc(C(=O)Nc2ccc(F)c(C(F)(F)F)c2)c1. The molecule has 3 aromatic rings. The fourth-order valence-electron chi connectivity index (χ4n) is 2.76. The average molecular weight is 452 g/mol. The first-order valence-corrected chi connectivity index (χ1v) is 10.3. The second kappa shape index (κ2) is 8.38. The van der Waals surface area contributed by atoms with Gasteiger partial charge in [0.05, 0.1) is 16.1 Å². The van der Waals surface area contributed by atoms with Crippen molar-refractivity contribution >= 4 is 27.3 Å². The Morgan fingerprint density at radius 1 is 0.935 bits per heavy atom. The van der Waals surface area contributed by atoms with Crippen molar-refractivity contribution in [3.8, 4) is 0 Å². The maximum atomic E-state index is 13.4. The predicted octanol–water partition coefficient (Wildman–Crippen LogP) is 4.92. The molecule has 3 rings (SSSR count). The van der Waals surface area contributed by atoms with Gasteiger partial charge in [0.25, 0.3) is 15.9 Å². The van der Waals surface area contributed by atoms with Gasteiger partial charge in [-0.25, -0.2) is 12.8 Å². The molecule has 0 bridgehead atoms. The van der Waals surface area contributed by atoms with Crippen molar-refractivity contribution < 1.29 is 30.8 Å². The second-order valence-corrected chi connectivity index (χ2v) is 8.45. The molecule has 0 atom stereocenters. The third kappa shape index (κ3) is 4.85. The van der Waals surface area contributed by atoms with Gasteiger partial charge in [-0.2, -0.15) is 13.2 Å². The molecule has 0 heterocycles. The fourth-order valence-corrected chi connectivity index (χ4v) is 4.00. The number of carbonyl (C=O) groups excluding carboxylic acids is 1. The van der Waals surface area contributed by atoms with Gasteiger partial charge in [0, 0.05) is 18.3 Å². The van der Waals surface area contributed by atoms with E-state index in [0.717, 1.165) is 16.4 Å². The number of amides is 1. The van der Waals surface area contributed by atoms with Crippen molar-refractivity contribution in [2.45, 2.75) is 11.1 Å².